The third kappa shape index (κ3) is 1.96. The fraction of sp³-hybridized carbons (Fsp3) is 0.238. The second kappa shape index (κ2) is 4.78. The highest BCUT2D eigenvalue weighted by molar-refractivity contribution is 5.76. The van der Waals surface area contributed by atoms with Gasteiger partial charge in [0.25, 0.3) is 0 Å². The first-order chi connectivity index (χ1) is 10.6. The van der Waals surface area contributed by atoms with Crippen LogP contribution in [0.25, 0.3) is 0 Å². The van der Waals surface area contributed by atoms with Crippen LogP contribution in [-0.2, 0) is 0 Å². The molecule has 2 aromatic rings. The molecule has 0 bridgehead atoms. The van der Waals surface area contributed by atoms with Crippen LogP contribution in [0.5, 0.6) is 0 Å². The maximum absolute atomic E-state index is 3.47. The van der Waals surface area contributed by atoms with E-state index in [9.17, 15) is 0 Å². The standard InChI is InChI=1S/C21H19N/c1-14-4-8-17(9-5-14)22-20-10-6-15(2)12-18(20)19-13-16(3)7-11-21(19)22/h4-6,8-10,12-13,19,21H,1-3H3. The van der Waals surface area contributed by atoms with E-state index in [-0.39, 0.29) is 6.04 Å². The average molecular weight is 285 g/mol. The van der Waals surface area contributed by atoms with Crippen LogP contribution >= 0.6 is 0 Å². The molecule has 2 atom stereocenters. The highest BCUT2D eigenvalue weighted by atomic mass is 15.2. The first-order valence-corrected chi connectivity index (χ1v) is 7.80. The number of hydrogen-bond donors (Lipinski definition) is 0. The normalized spacial score (nSPS) is 21.6. The number of aryl methyl sites for hydroxylation is 2. The molecule has 1 aliphatic heterocycles. The lowest BCUT2D eigenvalue weighted by Gasteiger charge is -2.27. The van der Waals surface area contributed by atoms with Gasteiger partial charge in [0.1, 0.15) is 6.04 Å². The Hall–Kier alpha value is -2.46. The van der Waals surface area contributed by atoms with Gasteiger partial charge in [-0.15, -0.1) is 0 Å². The first-order valence-electron chi connectivity index (χ1n) is 7.80. The zero-order valence-corrected chi connectivity index (χ0v) is 13.2. The molecule has 2 aliphatic rings. The summed E-state index contributed by atoms with van der Waals surface area (Å²) in [5.41, 5.74) is 7.70. The molecule has 0 aromatic heterocycles. The van der Waals surface area contributed by atoms with E-state index in [2.05, 4.69) is 86.1 Å². The molecule has 0 saturated carbocycles. The van der Waals surface area contributed by atoms with Gasteiger partial charge in [0, 0.05) is 17.3 Å². The van der Waals surface area contributed by atoms with E-state index >= 15 is 0 Å². The Balaban J connectivity index is 1.90. The second-order valence-electron chi connectivity index (χ2n) is 6.36. The Bertz CT molecular complexity index is 830. The van der Waals surface area contributed by atoms with E-state index in [1.165, 1.54) is 33.6 Å². The minimum absolute atomic E-state index is 0.211. The van der Waals surface area contributed by atoms with Gasteiger partial charge < -0.3 is 4.90 Å². The van der Waals surface area contributed by atoms with E-state index in [0.717, 1.165) is 0 Å². The van der Waals surface area contributed by atoms with Crippen molar-refractivity contribution in [3.63, 3.8) is 0 Å². The lowest BCUT2D eigenvalue weighted by Crippen LogP contribution is -2.29. The number of allylic oxidation sites excluding steroid dienone is 1. The van der Waals surface area contributed by atoms with Crippen LogP contribution in [0, 0.1) is 25.7 Å². The smallest absolute Gasteiger partial charge is 0.106 e. The number of rotatable bonds is 1. The van der Waals surface area contributed by atoms with Gasteiger partial charge in [-0.2, -0.15) is 0 Å². The first kappa shape index (κ1) is 13.2. The molecule has 0 spiro atoms. The Labute approximate surface area is 132 Å². The summed E-state index contributed by atoms with van der Waals surface area (Å²) in [5, 5.41) is 0. The molecule has 1 nitrogen and oxygen atoms in total. The summed E-state index contributed by atoms with van der Waals surface area (Å²) >= 11 is 0. The van der Waals surface area contributed by atoms with Crippen molar-refractivity contribution in [1.29, 1.82) is 0 Å². The quantitative estimate of drug-likeness (QED) is 0.676. The zero-order valence-electron chi connectivity index (χ0n) is 13.2. The molecule has 0 fully saturated rings. The lowest BCUT2D eigenvalue weighted by atomic mass is 9.89. The van der Waals surface area contributed by atoms with Crippen molar-refractivity contribution in [3.8, 4) is 11.8 Å². The van der Waals surface area contributed by atoms with Gasteiger partial charge in [-0.05, 0) is 50.1 Å². The Morgan fingerprint density at radius 2 is 1.64 bits per heavy atom. The summed E-state index contributed by atoms with van der Waals surface area (Å²) in [5.74, 6) is 7.12. The monoisotopic (exact) mass is 285 g/mol. The minimum atomic E-state index is 0.211. The van der Waals surface area contributed by atoms with Crippen molar-refractivity contribution in [2.24, 2.45) is 0 Å². The predicted octanol–water partition coefficient (Wildman–Crippen LogP) is 4.87. The lowest BCUT2D eigenvalue weighted by molar-refractivity contribution is 0.764. The summed E-state index contributed by atoms with van der Waals surface area (Å²) in [4.78, 5) is 2.40. The van der Waals surface area contributed by atoms with E-state index in [1.54, 1.807) is 0 Å². The van der Waals surface area contributed by atoms with Crippen LogP contribution in [0.15, 0.2) is 54.1 Å². The summed E-state index contributed by atoms with van der Waals surface area (Å²) in [6.07, 6.45) is 2.33. The summed E-state index contributed by atoms with van der Waals surface area (Å²) in [7, 11) is 0. The minimum Gasteiger partial charge on any atom is -0.326 e. The van der Waals surface area contributed by atoms with Crippen molar-refractivity contribution in [1.82, 2.24) is 0 Å². The van der Waals surface area contributed by atoms with E-state index in [4.69, 9.17) is 0 Å². The van der Waals surface area contributed by atoms with Gasteiger partial charge in [0.2, 0.25) is 0 Å². The van der Waals surface area contributed by atoms with Gasteiger partial charge in [-0.1, -0.05) is 53.3 Å². The third-order valence-corrected chi connectivity index (χ3v) is 4.58. The molecule has 4 rings (SSSR count). The topological polar surface area (TPSA) is 3.24 Å². The molecule has 1 heterocycles. The molecule has 1 aliphatic carbocycles. The van der Waals surface area contributed by atoms with Crippen LogP contribution < -0.4 is 4.90 Å². The van der Waals surface area contributed by atoms with Gasteiger partial charge in [-0.25, -0.2) is 0 Å². The van der Waals surface area contributed by atoms with Crippen molar-refractivity contribution < 1.29 is 0 Å². The largest absolute Gasteiger partial charge is 0.326 e. The zero-order chi connectivity index (χ0) is 15.3. The van der Waals surface area contributed by atoms with Gasteiger partial charge in [0.05, 0.1) is 0 Å². The van der Waals surface area contributed by atoms with Crippen molar-refractivity contribution >= 4 is 11.4 Å². The Kier molecular flexibility index (Phi) is 2.87. The average Bonchev–Trinajstić information content (AvgIpc) is 2.81. The molecule has 0 radical (unpaired) electrons. The maximum atomic E-state index is 3.47. The fourth-order valence-electron chi connectivity index (χ4n) is 3.48. The maximum Gasteiger partial charge on any atom is 0.106 e. The second-order valence-corrected chi connectivity index (χ2v) is 6.36. The Morgan fingerprint density at radius 1 is 0.909 bits per heavy atom. The van der Waals surface area contributed by atoms with Gasteiger partial charge in [-0.3, -0.25) is 0 Å². The van der Waals surface area contributed by atoms with Crippen LogP contribution in [0.1, 0.15) is 29.5 Å². The number of fused-ring (bicyclic) bond motifs is 3. The number of hydrogen-bond acceptors (Lipinski definition) is 1. The van der Waals surface area contributed by atoms with Gasteiger partial charge in [0.15, 0.2) is 0 Å². The summed E-state index contributed by atoms with van der Waals surface area (Å²) in [6.45, 7) is 6.39. The molecule has 2 unspecified atom stereocenters. The van der Waals surface area contributed by atoms with Gasteiger partial charge >= 0.3 is 0 Å². The predicted molar refractivity (Wildman–Crippen MR) is 92.6 cm³/mol. The SMILES string of the molecule is CC1=CC2c3cc(C)ccc3N(c3ccc(C)cc3)C2C#C1. The van der Waals surface area contributed by atoms with Crippen LogP contribution in [0.4, 0.5) is 11.4 Å². The summed E-state index contributed by atoms with van der Waals surface area (Å²) < 4.78 is 0. The van der Waals surface area contributed by atoms with E-state index in [1.807, 2.05) is 0 Å². The summed E-state index contributed by atoms with van der Waals surface area (Å²) in [6, 6.07) is 15.7. The molecular weight excluding hydrogens is 266 g/mol. The molecular formula is C21H19N. The fourth-order valence-corrected chi connectivity index (χ4v) is 3.48. The van der Waals surface area contributed by atoms with Crippen molar-refractivity contribution in [3.05, 3.63) is 70.8 Å². The van der Waals surface area contributed by atoms with Crippen molar-refractivity contribution in [2.75, 3.05) is 4.90 Å². The number of nitrogens with zero attached hydrogens (tertiary/aromatic N) is 1. The van der Waals surface area contributed by atoms with Crippen LogP contribution in [0.2, 0.25) is 0 Å². The highest BCUT2D eigenvalue weighted by Crippen LogP contribution is 2.47. The molecule has 1 heteroatoms. The molecule has 0 amide bonds. The molecule has 0 N–H and O–H groups in total. The molecule has 2 aromatic carbocycles. The van der Waals surface area contributed by atoms with Crippen LogP contribution in [-0.4, -0.2) is 6.04 Å². The van der Waals surface area contributed by atoms with E-state index < -0.39 is 0 Å². The number of anilines is 2. The number of benzene rings is 2. The van der Waals surface area contributed by atoms with Crippen LogP contribution in [0.3, 0.4) is 0 Å². The molecule has 0 saturated heterocycles. The third-order valence-electron chi connectivity index (χ3n) is 4.58. The highest BCUT2D eigenvalue weighted by Gasteiger charge is 2.38. The molecule has 108 valence electrons. The van der Waals surface area contributed by atoms with Crippen molar-refractivity contribution in [2.45, 2.75) is 32.7 Å². The molecule has 22 heavy (non-hydrogen) atoms. The van der Waals surface area contributed by atoms with E-state index in [0.29, 0.717) is 5.92 Å². The Morgan fingerprint density at radius 3 is 2.41 bits per heavy atom.